The van der Waals surface area contributed by atoms with E-state index in [0.29, 0.717) is 10.6 Å². The van der Waals surface area contributed by atoms with Crippen molar-refractivity contribution in [2.75, 3.05) is 0 Å². The van der Waals surface area contributed by atoms with Gasteiger partial charge >= 0.3 is 5.97 Å². The van der Waals surface area contributed by atoms with Crippen molar-refractivity contribution in [2.45, 2.75) is 12.2 Å². The Morgan fingerprint density at radius 3 is 1.90 bits per heavy atom. The molecule has 0 amide bonds. The van der Waals surface area contributed by atoms with Crippen LogP contribution in [0, 0.1) is 0 Å². The van der Waals surface area contributed by atoms with Gasteiger partial charge in [0.15, 0.2) is 5.12 Å². The summed E-state index contributed by atoms with van der Waals surface area (Å²) in [5.74, 6) is -1.02. The van der Waals surface area contributed by atoms with Crippen molar-refractivity contribution in [3.8, 4) is 11.1 Å². The summed E-state index contributed by atoms with van der Waals surface area (Å²) in [6.07, 6.45) is 0. The number of thioether (sulfide) groups is 1. The predicted molar refractivity (Wildman–Crippen MR) is 85.5 cm³/mol. The lowest BCUT2D eigenvalue weighted by Gasteiger charge is -2.11. The van der Waals surface area contributed by atoms with Gasteiger partial charge in [0.1, 0.15) is 5.25 Å². The predicted octanol–water partition coefficient (Wildman–Crippen LogP) is 4.41. The third-order valence-electron chi connectivity index (χ3n) is 2.90. The molecule has 3 nitrogen and oxygen atoms in total. The lowest BCUT2D eigenvalue weighted by molar-refractivity contribution is -0.136. The SMILES string of the molecule is CC(=O)SC(C(=O)O)c1ccc(-c2ccc(Cl)cc2)cc1. The summed E-state index contributed by atoms with van der Waals surface area (Å²) >= 11 is 6.66. The summed E-state index contributed by atoms with van der Waals surface area (Å²) in [6.45, 7) is 1.36. The first-order valence-electron chi connectivity index (χ1n) is 6.23. The standard InChI is InChI=1S/C16H13ClO3S/c1-10(18)21-15(16(19)20)13-4-2-11(3-5-13)12-6-8-14(17)9-7-12/h2-9,15H,1H3,(H,19,20). The smallest absolute Gasteiger partial charge is 0.321 e. The highest BCUT2D eigenvalue weighted by molar-refractivity contribution is 8.14. The van der Waals surface area contributed by atoms with E-state index in [-0.39, 0.29) is 5.12 Å². The van der Waals surface area contributed by atoms with Crippen LogP contribution in [0.4, 0.5) is 0 Å². The summed E-state index contributed by atoms with van der Waals surface area (Å²) in [7, 11) is 0. The molecule has 108 valence electrons. The highest BCUT2D eigenvalue weighted by Gasteiger charge is 2.22. The molecule has 0 heterocycles. The van der Waals surface area contributed by atoms with Crippen LogP contribution in [-0.4, -0.2) is 16.2 Å². The van der Waals surface area contributed by atoms with Gasteiger partial charge in [0.25, 0.3) is 0 Å². The largest absolute Gasteiger partial charge is 0.480 e. The number of hydrogen-bond acceptors (Lipinski definition) is 3. The van der Waals surface area contributed by atoms with Crippen LogP contribution < -0.4 is 0 Å². The number of hydrogen-bond donors (Lipinski definition) is 1. The molecule has 0 spiro atoms. The Kier molecular flexibility index (Phi) is 5.04. The van der Waals surface area contributed by atoms with Crippen molar-refractivity contribution in [3.63, 3.8) is 0 Å². The van der Waals surface area contributed by atoms with Gasteiger partial charge in [-0.05, 0) is 28.8 Å². The number of halogens is 1. The van der Waals surface area contributed by atoms with Crippen molar-refractivity contribution in [2.24, 2.45) is 0 Å². The lowest BCUT2D eigenvalue weighted by Crippen LogP contribution is -2.09. The normalized spacial score (nSPS) is 11.9. The third-order valence-corrected chi connectivity index (χ3v) is 4.19. The zero-order valence-electron chi connectivity index (χ0n) is 11.2. The second-order valence-corrected chi connectivity index (χ2v) is 6.18. The van der Waals surface area contributed by atoms with Crippen molar-refractivity contribution in [3.05, 3.63) is 59.1 Å². The minimum absolute atomic E-state index is 0.218. The molecule has 1 N–H and O–H groups in total. The fourth-order valence-corrected chi connectivity index (χ4v) is 2.77. The highest BCUT2D eigenvalue weighted by atomic mass is 35.5. The fraction of sp³-hybridized carbons (Fsp3) is 0.125. The summed E-state index contributed by atoms with van der Waals surface area (Å²) in [5.41, 5.74) is 2.56. The maximum atomic E-state index is 11.2. The average molecular weight is 321 g/mol. The van der Waals surface area contributed by atoms with E-state index in [1.165, 1.54) is 6.92 Å². The molecule has 0 radical (unpaired) electrons. The van der Waals surface area contributed by atoms with Gasteiger partial charge in [-0.3, -0.25) is 9.59 Å². The number of carboxylic acid groups (broad SMARTS) is 1. The molecule has 21 heavy (non-hydrogen) atoms. The van der Waals surface area contributed by atoms with Crippen LogP contribution in [0.1, 0.15) is 17.7 Å². The van der Waals surface area contributed by atoms with Crippen molar-refractivity contribution in [1.82, 2.24) is 0 Å². The monoisotopic (exact) mass is 320 g/mol. The number of carbonyl (C=O) groups excluding carboxylic acids is 1. The van der Waals surface area contributed by atoms with Gasteiger partial charge in [0.2, 0.25) is 0 Å². The minimum Gasteiger partial charge on any atom is -0.480 e. The Morgan fingerprint density at radius 1 is 1.00 bits per heavy atom. The van der Waals surface area contributed by atoms with E-state index in [4.69, 9.17) is 11.6 Å². The first-order chi connectivity index (χ1) is 9.97. The zero-order chi connectivity index (χ0) is 15.4. The summed E-state index contributed by atoms with van der Waals surface area (Å²) in [4.78, 5) is 22.4. The van der Waals surface area contributed by atoms with Crippen LogP contribution in [0.25, 0.3) is 11.1 Å². The molecular formula is C16H13ClO3S. The molecule has 0 aliphatic carbocycles. The maximum absolute atomic E-state index is 11.2. The Balaban J connectivity index is 2.26. The molecule has 0 saturated carbocycles. The second-order valence-electron chi connectivity index (χ2n) is 4.46. The molecule has 0 bridgehead atoms. The van der Waals surface area contributed by atoms with E-state index in [2.05, 4.69) is 0 Å². The van der Waals surface area contributed by atoms with Gasteiger partial charge in [-0.15, -0.1) is 0 Å². The van der Waals surface area contributed by atoms with Crippen molar-refractivity contribution < 1.29 is 14.7 Å². The van der Waals surface area contributed by atoms with Gasteiger partial charge in [0.05, 0.1) is 0 Å². The Morgan fingerprint density at radius 2 is 1.48 bits per heavy atom. The van der Waals surface area contributed by atoms with Gasteiger partial charge in [-0.25, -0.2) is 0 Å². The molecule has 5 heteroatoms. The van der Waals surface area contributed by atoms with Crippen molar-refractivity contribution in [1.29, 1.82) is 0 Å². The molecular weight excluding hydrogens is 308 g/mol. The summed E-state index contributed by atoms with van der Waals surface area (Å²) < 4.78 is 0. The number of aliphatic carboxylic acids is 1. The quantitative estimate of drug-likeness (QED) is 0.906. The number of benzene rings is 2. The third kappa shape index (κ3) is 4.09. The molecule has 0 fully saturated rings. The lowest BCUT2D eigenvalue weighted by atomic mass is 10.0. The summed E-state index contributed by atoms with van der Waals surface area (Å²) in [5, 5.41) is 8.78. The topological polar surface area (TPSA) is 54.4 Å². The highest BCUT2D eigenvalue weighted by Crippen LogP contribution is 2.31. The van der Waals surface area contributed by atoms with Crippen LogP contribution >= 0.6 is 23.4 Å². The molecule has 1 atom stereocenters. The number of carbonyl (C=O) groups is 2. The minimum atomic E-state index is -1.02. The molecule has 2 aromatic carbocycles. The van der Waals surface area contributed by atoms with E-state index < -0.39 is 11.2 Å². The Bertz CT molecular complexity index is 650. The van der Waals surface area contributed by atoms with E-state index in [1.54, 1.807) is 24.3 Å². The zero-order valence-corrected chi connectivity index (χ0v) is 12.8. The molecule has 0 aliphatic heterocycles. The number of rotatable bonds is 4. The fourth-order valence-electron chi connectivity index (χ4n) is 1.92. The van der Waals surface area contributed by atoms with Gasteiger partial charge in [-0.2, -0.15) is 0 Å². The van der Waals surface area contributed by atoms with Crippen LogP contribution in [0.5, 0.6) is 0 Å². The Labute approximate surface area is 131 Å². The summed E-state index contributed by atoms with van der Waals surface area (Å²) in [6, 6.07) is 14.6. The van der Waals surface area contributed by atoms with E-state index >= 15 is 0 Å². The first kappa shape index (κ1) is 15.6. The van der Waals surface area contributed by atoms with E-state index in [0.717, 1.165) is 22.9 Å². The molecule has 1 unspecified atom stereocenters. The Hall–Kier alpha value is -1.78. The molecule has 2 aromatic rings. The molecule has 0 aliphatic rings. The number of carboxylic acids is 1. The van der Waals surface area contributed by atoms with Crippen LogP contribution in [0.15, 0.2) is 48.5 Å². The maximum Gasteiger partial charge on any atom is 0.321 e. The van der Waals surface area contributed by atoms with Gasteiger partial charge < -0.3 is 5.11 Å². The molecule has 0 aromatic heterocycles. The first-order valence-corrected chi connectivity index (χ1v) is 7.49. The van der Waals surface area contributed by atoms with Crippen molar-refractivity contribution >= 4 is 34.4 Å². The average Bonchev–Trinajstić information content (AvgIpc) is 2.45. The van der Waals surface area contributed by atoms with Crippen LogP contribution in [0.2, 0.25) is 5.02 Å². The molecule has 0 saturated heterocycles. The van der Waals surface area contributed by atoms with Crippen LogP contribution in [-0.2, 0) is 9.59 Å². The molecule has 2 rings (SSSR count). The second kappa shape index (κ2) is 6.78. The van der Waals surface area contributed by atoms with Gasteiger partial charge in [0, 0.05) is 11.9 Å². The van der Waals surface area contributed by atoms with Gasteiger partial charge in [-0.1, -0.05) is 59.8 Å². The van der Waals surface area contributed by atoms with E-state index in [9.17, 15) is 14.7 Å². The van der Waals surface area contributed by atoms with E-state index in [1.807, 2.05) is 24.3 Å². The van der Waals surface area contributed by atoms with Crippen LogP contribution in [0.3, 0.4) is 0 Å².